The number of fused-ring (bicyclic) bond motifs is 1. The Morgan fingerprint density at radius 1 is 0.929 bits per heavy atom. The zero-order valence-corrected chi connectivity index (χ0v) is 16.6. The van der Waals surface area contributed by atoms with Gasteiger partial charge < -0.3 is 4.65 Å². The molecule has 138 valence electrons. The molecule has 0 aliphatic heterocycles. The molecule has 0 N–H and O–H groups in total. The van der Waals surface area contributed by atoms with Crippen LogP contribution < -0.4 is 15.6 Å². The van der Waals surface area contributed by atoms with E-state index in [2.05, 4.69) is 25.9 Å². The van der Waals surface area contributed by atoms with Crippen molar-refractivity contribution in [1.82, 2.24) is 9.97 Å². The van der Waals surface area contributed by atoms with Gasteiger partial charge in [0.15, 0.2) is 0 Å². The molecule has 4 rings (SSSR count). The van der Waals surface area contributed by atoms with Crippen molar-refractivity contribution in [3.63, 3.8) is 0 Å². The fourth-order valence-electron chi connectivity index (χ4n) is 2.94. The van der Waals surface area contributed by atoms with Gasteiger partial charge in [0.2, 0.25) is 5.95 Å². The van der Waals surface area contributed by atoms with Crippen LogP contribution in [0.5, 0.6) is 5.75 Å². The minimum atomic E-state index is -1.06. The van der Waals surface area contributed by atoms with Crippen molar-refractivity contribution >= 4 is 56.3 Å². The van der Waals surface area contributed by atoms with Gasteiger partial charge >= 0.3 is 6.92 Å². The van der Waals surface area contributed by atoms with E-state index < -0.39 is 18.7 Å². The lowest BCUT2D eigenvalue weighted by molar-refractivity contribution is 0.569. The summed E-state index contributed by atoms with van der Waals surface area (Å²) >= 11 is 9.47. The third-order valence-corrected chi connectivity index (χ3v) is 5.06. The van der Waals surface area contributed by atoms with Gasteiger partial charge in [-0.3, -0.25) is 4.98 Å². The van der Waals surface area contributed by atoms with E-state index >= 15 is 0 Å². The van der Waals surface area contributed by atoms with Crippen LogP contribution in [0.15, 0.2) is 71.5 Å². The molecular formula is C20H11BBrClF2N2O. The Morgan fingerprint density at radius 2 is 1.71 bits per heavy atom. The molecule has 0 radical (unpaired) electrons. The Hall–Kier alpha value is -2.51. The number of rotatable bonds is 4. The van der Waals surface area contributed by atoms with Crippen LogP contribution >= 0.6 is 27.5 Å². The number of pyridine rings is 2. The highest BCUT2D eigenvalue weighted by Gasteiger charge is 2.31. The highest BCUT2D eigenvalue weighted by molar-refractivity contribution is 9.10. The Bertz CT molecular complexity index is 1180. The van der Waals surface area contributed by atoms with Gasteiger partial charge in [0.1, 0.15) is 17.1 Å². The summed E-state index contributed by atoms with van der Waals surface area (Å²) in [6.07, 6.45) is 2.93. The summed E-state index contributed by atoms with van der Waals surface area (Å²) in [5, 5.41) is 1.19. The number of halogens is 4. The van der Waals surface area contributed by atoms with Crippen LogP contribution in [-0.4, -0.2) is 16.9 Å². The number of aromatic nitrogens is 2. The number of hydrogen-bond acceptors (Lipinski definition) is 3. The van der Waals surface area contributed by atoms with Crippen molar-refractivity contribution in [1.29, 1.82) is 0 Å². The molecule has 2 aromatic heterocycles. The first kappa shape index (κ1) is 18.8. The van der Waals surface area contributed by atoms with E-state index in [0.717, 1.165) is 0 Å². The van der Waals surface area contributed by atoms with Gasteiger partial charge in [-0.2, -0.15) is 4.39 Å². The Kier molecular flexibility index (Phi) is 5.28. The van der Waals surface area contributed by atoms with E-state index in [4.69, 9.17) is 16.3 Å². The molecule has 2 heterocycles. The third-order valence-electron chi connectivity index (χ3n) is 4.24. The van der Waals surface area contributed by atoms with Gasteiger partial charge in [0.05, 0.1) is 5.02 Å². The quantitative estimate of drug-likeness (QED) is 0.333. The summed E-state index contributed by atoms with van der Waals surface area (Å²) in [7, 11) is 0. The molecule has 0 unspecified atom stereocenters. The minimum Gasteiger partial charge on any atom is -0.550 e. The fourth-order valence-corrected chi connectivity index (χ4v) is 3.49. The summed E-state index contributed by atoms with van der Waals surface area (Å²) in [6, 6.07) is 14.5. The zero-order valence-electron chi connectivity index (χ0n) is 14.2. The molecule has 0 fully saturated rings. The van der Waals surface area contributed by atoms with E-state index in [0.29, 0.717) is 26.1 Å². The van der Waals surface area contributed by atoms with Crippen molar-refractivity contribution in [2.45, 2.75) is 0 Å². The molecule has 0 saturated heterocycles. The predicted octanol–water partition coefficient (Wildman–Crippen LogP) is 4.51. The molecule has 0 spiro atoms. The van der Waals surface area contributed by atoms with Crippen LogP contribution in [0.4, 0.5) is 8.78 Å². The van der Waals surface area contributed by atoms with Crippen molar-refractivity contribution < 1.29 is 13.4 Å². The second kappa shape index (κ2) is 7.85. The van der Waals surface area contributed by atoms with Gasteiger partial charge in [-0.05, 0) is 42.5 Å². The lowest BCUT2D eigenvalue weighted by atomic mass is 9.55. The molecular weight excluding hydrogens is 448 g/mol. The zero-order chi connectivity index (χ0) is 19.7. The molecule has 0 saturated carbocycles. The molecule has 0 bridgehead atoms. The second-order valence-corrected chi connectivity index (χ2v) is 7.32. The second-order valence-electron chi connectivity index (χ2n) is 5.99. The number of hydrogen-bond donors (Lipinski definition) is 0. The smallest absolute Gasteiger partial charge is 0.434 e. The largest absolute Gasteiger partial charge is 0.550 e. The maximum Gasteiger partial charge on any atom is 0.434 e. The van der Waals surface area contributed by atoms with Crippen molar-refractivity contribution in [2.24, 2.45) is 0 Å². The maximum absolute atomic E-state index is 14.7. The molecule has 0 aliphatic rings. The van der Waals surface area contributed by atoms with Crippen LogP contribution in [0.1, 0.15) is 0 Å². The first-order chi connectivity index (χ1) is 13.5. The average molecular weight is 459 g/mol. The van der Waals surface area contributed by atoms with Gasteiger partial charge in [-0.25, -0.2) is 9.37 Å². The summed E-state index contributed by atoms with van der Waals surface area (Å²) in [6.45, 7) is -1.06. The molecule has 4 aromatic rings. The van der Waals surface area contributed by atoms with Crippen LogP contribution in [-0.2, 0) is 0 Å². The summed E-state index contributed by atoms with van der Waals surface area (Å²) in [5.41, 5.74) is 0.790. The van der Waals surface area contributed by atoms with Gasteiger partial charge in [0, 0.05) is 33.2 Å². The molecule has 0 atom stereocenters. The van der Waals surface area contributed by atoms with Gasteiger partial charge in [-0.15, -0.1) is 0 Å². The molecule has 2 aromatic carbocycles. The Morgan fingerprint density at radius 3 is 2.50 bits per heavy atom. The first-order valence-corrected chi connectivity index (χ1v) is 9.47. The van der Waals surface area contributed by atoms with Crippen LogP contribution in [0.2, 0.25) is 5.02 Å². The van der Waals surface area contributed by atoms with Crippen molar-refractivity contribution in [2.75, 3.05) is 0 Å². The lowest BCUT2D eigenvalue weighted by Crippen LogP contribution is -2.50. The third kappa shape index (κ3) is 3.60. The lowest BCUT2D eigenvalue weighted by Gasteiger charge is -2.18. The first-order valence-electron chi connectivity index (χ1n) is 8.30. The highest BCUT2D eigenvalue weighted by Crippen LogP contribution is 2.30. The fraction of sp³-hybridized carbons (Fsp3) is 0. The van der Waals surface area contributed by atoms with E-state index in [1.54, 1.807) is 48.7 Å². The minimum absolute atomic E-state index is 0.114. The van der Waals surface area contributed by atoms with E-state index in [-0.39, 0.29) is 10.9 Å². The predicted molar refractivity (Wildman–Crippen MR) is 111 cm³/mol. The maximum atomic E-state index is 14.7. The molecule has 28 heavy (non-hydrogen) atoms. The molecule has 3 nitrogen and oxygen atoms in total. The van der Waals surface area contributed by atoms with Crippen molar-refractivity contribution in [3.8, 4) is 5.75 Å². The average Bonchev–Trinajstić information content (AvgIpc) is 2.69. The van der Waals surface area contributed by atoms with E-state index in [9.17, 15) is 8.78 Å². The Balaban J connectivity index is 1.88. The van der Waals surface area contributed by atoms with Crippen molar-refractivity contribution in [3.05, 3.63) is 88.3 Å². The van der Waals surface area contributed by atoms with Crippen LogP contribution in [0, 0.1) is 11.8 Å². The van der Waals surface area contributed by atoms with Crippen LogP contribution in [0.25, 0.3) is 10.9 Å². The summed E-state index contributed by atoms with van der Waals surface area (Å²) in [4.78, 5) is 8.00. The standard InChI is InChI=1S/C20H11BBrClF2N2O/c22-12-5-6-14(17(24)11-12)21(15-4-2-10-27-20(15)25)28-18-8-7-16(23)13-3-1-9-26-19(13)18/h1-11H. The number of benzene rings is 2. The summed E-state index contributed by atoms with van der Waals surface area (Å²) < 4.78 is 35.8. The SMILES string of the molecule is Fc1cc(Br)ccc1B(Oc1ccc(Cl)c2cccnc12)c1cccnc1F. The molecule has 0 aliphatic carbocycles. The van der Waals surface area contributed by atoms with E-state index in [1.165, 1.54) is 18.3 Å². The normalized spacial score (nSPS) is 10.9. The summed E-state index contributed by atoms with van der Waals surface area (Å²) in [5.74, 6) is -0.912. The Labute approximate surface area is 173 Å². The van der Waals surface area contributed by atoms with Gasteiger partial charge in [0.25, 0.3) is 0 Å². The number of nitrogens with zero attached hydrogens (tertiary/aromatic N) is 2. The van der Waals surface area contributed by atoms with Crippen LogP contribution in [0.3, 0.4) is 0 Å². The molecule has 0 amide bonds. The monoisotopic (exact) mass is 458 g/mol. The highest BCUT2D eigenvalue weighted by atomic mass is 79.9. The van der Waals surface area contributed by atoms with Gasteiger partial charge in [-0.1, -0.05) is 39.7 Å². The van der Waals surface area contributed by atoms with E-state index in [1.807, 2.05) is 0 Å². The molecule has 8 heteroatoms. The topological polar surface area (TPSA) is 35.0 Å².